The second-order valence-electron chi connectivity index (χ2n) is 36.1. The Morgan fingerprint density at radius 3 is 1.31 bits per heavy atom. The van der Waals surface area contributed by atoms with Crippen LogP contribution in [0.2, 0.25) is 141 Å². The van der Waals surface area contributed by atoms with Crippen molar-refractivity contribution in [1.29, 1.82) is 0 Å². The quantitative estimate of drug-likeness (QED) is 0.0106. The van der Waals surface area contributed by atoms with Crippen molar-refractivity contribution in [2.24, 2.45) is 0 Å². The number of anilines is 1. The first-order chi connectivity index (χ1) is 62.0. The molecule has 3 amide bonds. The van der Waals surface area contributed by atoms with Gasteiger partial charge < -0.3 is 82.1 Å². The van der Waals surface area contributed by atoms with Crippen molar-refractivity contribution in [2.75, 3.05) is 131 Å². The normalized spacial score (nSPS) is 12.6. The highest BCUT2D eigenvalue weighted by molar-refractivity contribution is 7.99. The van der Waals surface area contributed by atoms with E-state index in [2.05, 4.69) is 154 Å². The lowest BCUT2D eigenvalue weighted by Crippen LogP contribution is -2.37. The minimum atomic E-state index is -3.00. The van der Waals surface area contributed by atoms with E-state index in [1.54, 1.807) is 122 Å². The van der Waals surface area contributed by atoms with Crippen LogP contribution in [0.4, 0.5) is 10.6 Å². The Labute approximate surface area is 800 Å². The van der Waals surface area contributed by atoms with Gasteiger partial charge in [-0.15, -0.1) is 11.8 Å². The molecule has 4 atom stereocenters. The number of hydrogen-bond acceptors (Lipinski definition) is 27. The van der Waals surface area contributed by atoms with E-state index in [0.29, 0.717) is 82.2 Å². The van der Waals surface area contributed by atoms with Gasteiger partial charge in [0, 0.05) is 168 Å². The van der Waals surface area contributed by atoms with Crippen LogP contribution in [0.1, 0.15) is 67.6 Å². The third kappa shape index (κ3) is 72.9. The number of thioether (sulfide) groups is 1. The van der Waals surface area contributed by atoms with Crippen molar-refractivity contribution in [2.45, 2.75) is 233 Å². The molecule has 0 bridgehead atoms. The lowest BCUT2D eigenvalue weighted by molar-refractivity contribution is -0.120. The van der Waals surface area contributed by atoms with E-state index in [0.717, 1.165) is 127 Å². The summed E-state index contributed by atoms with van der Waals surface area (Å²) in [7, 11) is -3.19. The topological polar surface area (TPSA) is 377 Å². The molecular weight excluding hydrogens is 1840 g/mol. The number of carbonyl (C=O) groups excluding carboxylic acids is 2. The van der Waals surface area contributed by atoms with E-state index in [9.17, 15) is 37.5 Å². The maximum absolute atomic E-state index is 11.9. The van der Waals surface area contributed by atoms with E-state index >= 15 is 0 Å². The van der Waals surface area contributed by atoms with Gasteiger partial charge in [0.2, 0.25) is 11.8 Å². The Balaban J connectivity index is 0.000000765. The van der Waals surface area contributed by atoms with Crippen LogP contribution in [0, 0.1) is 0 Å². The lowest BCUT2D eigenvalue weighted by atomic mass is 10.2. The Bertz CT molecular complexity index is 3940. The highest BCUT2D eigenvalue weighted by atomic mass is 32.2. The number of pyridine rings is 7. The summed E-state index contributed by atoms with van der Waals surface area (Å²) >= 11 is 1.55. The Morgan fingerprint density at radius 1 is 0.435 bits per heavy atom. The molecule has 0 saturated carbocycles. The zero-order valence-corrected chi connectivity index (χ0v) is 92.1. The lowest BCUT2D eigenvalue weighted by Gasteiger charge is -2.19. The average molecular weight is 2000 g/mol. The van der Waals surface area contributed by atoms with Crippen molar-refractivity contribution in [3.05, 3.63) is 194 Å². The van der Waals surface area contributed by atoms with Crippen LogP contribution in [-0.2, 0) is 90.7 Å². The number of amides is 3. The molecule has 0 aliphatic carbocycles. The number of ether oxygens (including phenoxy) is 4. The van der Waals surface area contributed by atoms with Crippen molar-refractivity contribution < 1.29 is 83.0 Å². The predicted octanol–water partition coefficient (Wildman–Crippen LogP) is 16.4. The highest BCUT2D eigenvalue weighted by Gasteiger charge is 2.26. The summed E-state index contributed by atoms with van der Waals surface area (Å²) in [5.41, 5.74) is 3.40. The molecule has 0 spiro atoms. The SMILES string of the molecule is CO[Si](C)(C)CCCNC(=O)Cc1ccncc1.CO[Si](C)(C)CCCNC(=O)NCc1ccccn1.CO[Si](C)(C)CCCOCC(O)CNc1ccccn1.CO[Si](C)(C)CCCOCC(O)COc1ccccn1.CO[Si](C)(C)CCCOCC(O)CSc1ccccn1.CO[Si](C)(C)CCCS(=O)Cc1ccccn1.C[Si](C)(C)CCCS(=O)(=O)Cc1ccccn1. The Hall–Kier alpha value is -6.12. The second kappa shape index (κ2) is 71.4. The van der Waals surface area contributed by atoms with E-state index < -0.39 is 96.9 Å². The molecular formula is C92H163N11O18S3Si7. The number of rotatable bonds is 57. The zero-order chi connectivity index (χ0) is 97.8. The first-order valence-corrected chi connectivity index (χ1v) is 71.9. The van der Waals surface area contributed by atoms with Crippen molar-refractivity contribution in [3.63, 3.8) is 0 Å². The number of nitrogens with one attached hydrogen (secondary N) is 4. The number of sulfone groups is 1. The van der Waals surface area contributed by atoms with Crippen LogP contribution >= 0.6 is 11.8 Å². The fourth-order valence-electron chi connectivity index (χ4n) is 11.1. The summed E-state index contributed by atoms with van der Waals surface area (Å²) < 4.78 is 90.1. The van der Waals surface area contributed by atoms with Crippen LogP contribution in [0.15, 0.2) is 176 Å². The first kappa shape index (κ1) is 123. The standard InChI is InChI=1S/C14H26N2O3Si.C14H25NO4Si.C14H25NO3SSi.C13H23N3O2Si.C13H22N2O2Si.2C12H21NO2SSi/c1-18-20(2,3)10-6-9-19-12-13(17)11-16-14-7-4-5-8-15-14;2*1-17-20(2,3)10-6-9-18-11-13(16)12-19-14-7-4-5-8-15-14;1-18-19(2,3)10-6-9-15-13(17)16-11-12-7-4-5-8-14-12;1-17-18(2,3)10-4-7-15-13(16)11-12-5-8-14-9-6-12;1-17(2,3)10-6-9-16(14,15)11-12-7-4-5-8-13-12;1-15-17(2,3)10-6-9-16(14)11-12-7-4-5-8-13-12/h4-5,7-8,13,17H,6,9-12H2,1-3H3,(H,15,16);2*4-5,7-8,13,16H,6,9-12H2,1-3H3;4-5,7-8H,6,9-11H2,1-3H3,(H2,15,16,17);5-6,8-9H,4,7,10-11H2,1-3H3,(H,15,16);2*4-5,7-8H,6,9-11H2,1-3H3. The number of urea groups is 1. The minimum Gasteiger partial charge on any atom is -0.475 e. The van der Waals surface area contributed by atoms with Gasteiger partial charge in [-0.3, -0.25) is 28.9 Å². The number of carbonyl (C=O) groups is 2. The highest BCUT2D eigenvalue weighted by Crippen LogP contribution is 2.21. The van der Waals surface area contributed by atoms with Gasteiger partial charge in [-0.1, -0.05) is 62.1 Å². The number of nitrogens with zero attached hydrogens (tertiary/aromatic N) is 7. The van der Waals surface area contributed by atoms with Gasteiger partial charge in [-0.25, -0.2) is 28.2 Å². The summed E-state index contributed by atoms with van der Waals surface area (Å²) in [6, 6.07) is 44.6. The zero-order valence-electron chi connectivity index (χ0n) is 82.6. The molecule has 7 rings (SSSR count). The largest absolute Gasteiger partial charge is 0.475 e. The smallest absolute Gasteiger partial charge is 0.315 e. The van der Waals surface area contributed by atoms with Crippen molar-refractivity contribution in [1.82, 2.24) is 50.8 Å². The van der Waals surface area contributed by atoms with E-state index in [-0.39, 0.29) is 36.7 Å². The van der Waals surface area contributed by atoms with Gasteiger partial charge in [0.05, 0.1) is 84.4 Å². The molecule has 740 valence electrons. The van der Waals surface area contributed by atoms with Gasteiger partial charge in [0.1, 0.15) is 18.5 Å². The van der Waals surface area contributed by atoms with Crippen molar-refractivity contribution in [3.8, 4) is 5.88 Å². The molecule has 7 N–H and O–H groups in total. The molecule has 0 aromatic carbocycles. The number of aliphatic hydroxyl groups is 3. The van der Waals surface area contributed by atoms with E-state index in [4.69, 9.17) is 45.5 Å². The summed E-state index contributed by atoms with van der Waals surface area (Å²) in [5, 5.41) is 41.9. The van der Waals surface area contributed by atoms with Crippen molar-refractivity contribution >= 4 is 108 Å². The molecule has 29 nitrogen and oxygen atoms in total. The molecule has 131 heavy (non-hydrogen) atoms. The maximum atomic E-state index is 11.9. The third-order valence-electron chi connectivity index (χ3n) is 20.2. The molecule has 7 heterocycles. The molecule has 0 saturated heterocycles. The molecule has 4 unspecified atom stereocenters. The van der Waals surface area contributed by atoms with Gasteiger partial charge in [-0.2, -0.15) is 0 Å². The van der Waals surface area contributed by atoms with E-state index in [1.165, 1.54) is 0 Å². The van der Waals surface area contributed by atoms with Gasteiger partial charge >= 0.3 is 6.03 Å². The number of aliphatic hydroxyl groups excluding tert-OH is 3. The maximum Gasteiger partial charge on any atom is 0.315 e. The van der Waals surface area contributed by atoms with E-state index in [1.807, 2.05) is 103 Å². The summed E-state index contributed by atoms with van der Waals surface area (Å²) in [5.74, 6) is 3.62. The summed E-state index contributed by atoms with van der Waals surface area (Å²) in [6.07, 6.45) is 19.1. The second-order valence-corrected chi connectivity index (χ2v) is 73.1. The van der Waals surface area contributed by atoms with Crippen LogP contribution in [0.25, 0.3) is 0 Å². The Morgan fingerprint density at radius 2 is 0.863 bits per heavy atom. The third-order valence-corrected chi connectivity index (χ3v) is 42.1. The Kier molecular flexibility index (Phi) is 67.0. The predicted molar refractivity (Wildman–Crippen MR) is 552 cm³/mol. The van der Waals surface area contributed by atoms with Gasteiger partial charge in [0.15, 0.2) is 59.7 Å². The molecule has 39 heteroatoms. The fourth-order valence-corrected chi connectivity index (χ4v) is 23.3. The number of hydrogen-bond donors (Lipinski definition) is 7. The van der Waals surface area contributed by atoms with Crippen LogP contribution in [0.5, 0.6) is 5.88 Å². The van der Waals surface area contributed by atoms with Crippen LogP contribution in [-0.4, -0.2) is 277 Å². The minimum absolute atomic E-state index is 0.0677. The van der Waals surface area contributed by atoms with Gasteiger partial charge in [0.25, 0.3) is 0 Å². The first-order valence-electron chi connectivity index (χ1n) is 45.2. The molecule has 7 aromatic rings. The van der Waals surface area contributed by atoms with Crippen LogP contribution in [0.3, 0.4) is 0 Å². The molecule has 7 aromatic heterocycles. The molecule has 0 aliphatic rings. The molecule has 0 aliphatic heterocycles. The molecule has 0 fully saturated rings. The van der Waals surface area contributed by atoms with Gasteiger partial charge in [-0.05, 0) is 244 Å². The average Bonchev–Trinajstić information content (AvgIpc) is 0.881. The summed E-state index contributed by atoms with van der Waals surface area (Å²) in [4.78, 5) is 51.8. The van der Waals surface area contributed by atoms with Crippen LogP contribution < -0.4 is 26.0 Å². The monoisotopic (exact) mass is 2000 g/mol. The fraction of sp³-hybridized carbons (Fsp3) is 0.598. The number of aromatic nitrogens is 7. The molecule has 0 radical (unpaired) electrons. The summed E-state index contributed by atoms with van der Waals surface area (Å²) in [6.45, 7) is 38.5.